The number of ether oxygens (including phenoxy) is 1. The van der Waals surface area contributed by atoms with Crippen LogP contribution >= 0.6 is 11.6 Å². The van der Waals surface area contributed by atoms with E-state index in [0.717, 1.165) is 85.1 Å². The predicted octanol–water partition coefficient (Wildman–Crippen LogP) is 5.73. The third-order valence-electron chi connectivity index (χ3n) is 7.95. The van der Waals surface area contributed by atoms with Crippen molar-refractivity contribution < 1.29 is 9.53 Å². The lowest BCUT2D eigenvalue weighted by molar-refractivity contribution is -0.159. The lowest BCUT2D eigenvalue weighted by Gasteiger charge is -2.33. The molecule has 0 amide bonds. The number of aryl methyl sites for hydroxylation is 1. The molecule has 0 aliphatic heterocycles. The van der Waals surface area contributed by atoms with Gasteiger partial charge >= 0.3 is 5.97 Å². The topological polar surface area (TPSA) is 125 Å². The molecule has 1 aliphatic rings. The van der Waals surface area contributed by atoms with Crippen LogP contribution in [0.3, 0.4) is 0 Å². The van der Waals surface area contributed by atoms with E-state index in [2.05, 4.69) is 61.4 Å². The first kappa shape index (κ1) is 28.0. The second-order valence-corrected chi connectivity index (χ2v) is 10.9. The van der Waals surface area contributed by atoms with E-state index in [1.807, 2.05) is 24.3 Å². The van der Waals surface area contributed by atoms with Gasteiger partial charge in [0.1, 0.15) is 12.4 Å². The highest BCUT2D eigenvalue weighted by molar-refractivity contribution is 6.30. The summed E-state index contributed by atoms with van der Waals surface area (Å²) in [7, 11) is 0. The molecule has 1 saturated carbocycles. The van der Waals surface area contributed by atoms with Crippen LogP contribution in [0.2, 0.25) is 5.15 Å². The molecular formula is C30H36ClN7O2. The number of nitrogens with two attached hydrogens (primary N) is 1. The van der Waals surface area contributed by atoms with Crippen molar-refractivity contribution in [1.29, 1.82) is 0 Å². The highest BCUT2D eigenvalue weighted by Gasteiger charge is 2.40. The summed E-state index contributed by atoms with van der Waals surface area (Å²) in [6.07, 6.45) is 7.53. The van der Waals surface area contributed by atoms with E-state index in [0.29, 0.717) is 24.1 Å². The number of H-pyrrole nitrogens is 1. The first-order valence-corrected chi connectivity index (χ1v) is 14.5. The monoisotopic (exact) mass is 561 g/mol. The number of aromatic amines is 1. The lowest BCUT2D eigenvalue weighted by atomic mass is 9.74. The molecule has 0 unspecified atom stereocenters. The minimum atomic E-state index is -0.589. The van der Waals surface area contributed by atoms with Crippen molar-refractivity contribution in [3.8, 4) is 22.5 Å². The van der Waals surface area contributed by atoms with Gasteiger partial charge in [0, 0.05) is 25.1 Å². The molecule has 2 heterocycles. The first-order chi connectivity index (χ1) is 19.5. The van der Waals surface area contributed by atoms with E-state index in [1.165, 1.54) is 0 Å². The van der Waals surface area contributed by atoms with E-state index in [9.17, 15) is 4.79 Å². The number of benzene rings is 2. The van der Waals surface area contributed by atoms with Gasteiger partial charge in [0.25, 0.3) is 0 Å². The number of unbranched alkanes of at least 4 members (excludes halogenated alkanes) is 1. The Kier molecular flexibility index (Phi) is 8.91. The van der Waals surface area contributed by atoms with Gasteiger partial charge in [-0.2, -0.15) is 5.21 Å². The van der Waals surface area contributed by atoms with Crippen LogP contribution in [0.4, 0.5) is 0 Å². The maximum absolute atomic E-state index is 13.2. The van der Waals surface area contributed by atoms with Gasteiger partial charge in [0.15, 0.2) is 5.15 Å². The summed E-state index contributed by atoms with van der Waals surface area (Å²) >= 11 is 6.64. The van der Waals surface area contributed by atoms with Gasteiger partial charge in [-0.05, 0) is 41.2 Å². The molecule has 0 bridgehead atoms. The van der Waals surface area contributed by atoms with Crippen molar-refractivity contribution >= 4 is 17.6 Å². The summed E-state index contributed by atoms with van der Waals surface area (Å²) in [4.78, 5) is 17.8. The molecule has 5 rings (SSSR count). The van der Waals surface area contributed by atoms with E-state index in [4.69, 9.17) is 22.1 Å². The van der Waals surface area contributed by atoms with Gasteiger partial charge in [-0.15, -0.1) is 10.2 Å². The van der Waals surface area contributed by atoms with E-state index >= 15 is 0 Å². The Labute approximate surface area is 239 Å². The van der Waals surface area contributed by atoms with Gasteiger partial charge in [-0.3, -0.25) is 4.79 Å². The van der Waals surface area contributed by atoms with Crippen LogP contribution in [0, 0.1) is 5.41 Å². The molecule has 210 valence electrons. The largest absolute Gasteiger partial charge is 0.459 e. The number of rotatable bonds is 11. The number of esters is 1. The number of nitrogens with one attached hydrogen (secondary N) is 1. The molecular weight excluding hydrogens is 526 g/mol. The van der Waals surface area contributed by atoms with E-state index in [-0.39, 0.29) is 12.6 Å². The quantitative estimate of drug-likeness (QED) is 0.224. The molecule has 0 atom stereocenters. The fourth-order valence-electron chi connectivity index (χ4n) is 5.54. The maximum atomic E-state index is 13.2. The minimum Gasteiger partial charge on any atom is -0.459 e. The summed E-state index contributed by atoms with van der Waals surface area (Å²) < 4.78 is 7.98. The molecule has 2 aromatic carbocycles. The van der Waals surface area contributed by atoms with E-state index < -0.39 is 5.41 Å². The first-order valence-electron chi connectivity index (χ1n) is 14.1. The summed E-state index contributed by atoms with van der Waals surface area (Å²) in [5.41, 5.74) is 10.3. The average molecular weight is 562 g/mol. The molecule has 1 aliphatic carbocycles. The van der Waals surface area contributed by atoms with Crippen molar-refractivity contribution in [3.63, 3.8) is 0 Å². The number of halogens is 1. The zero-order chi connectivity index (χ0) is 28.0. The second kappa shape index (κ2) is 12.7. The Morgan fingerprint density at radius 3 is 2.52 bits per heavy atom. The van der Waals surface area contributed by atoms with Crippen molar-refractivity contribution in [2.24, 2.45) is 11.1 Å². The molecule has 4 aromatic rings. The zero-order valence-corrected chi connectivity index (χ0v) is 23.7. The van der Waals surface area contributed by atoms with Crippen LogP contribution in [0.15, 0.2) is 48.5 Å². The highest BCUT2D eigenvalue weighted by atomic mass is 35.5. The third-order valence-corrected chi connectivity index (χ3v) is 8.25. The summed E-state index contributed by atoms with van der Waals surface area (Å²) in [5, 5.41) is 14.9. The highest BCUT2D eigenvalue weighted by Crippen LogP contribution is 2.37. The normalized spacial score (nSPS) is 14.8. The van der Waals surface area contributed by atoms with Crippen molar-refractivity contribution in [3.05, 3.63) is 70.8 Å². The fraction of sp³-hybridized carbons (Fsp3) is 0.433. The average Bonchev–Trinajstić information content (AvgIpc) is 3.64. The van der Waals surface area contributed by atoms with Gasteiger partial charge in [0.2, 0.25) is 5.82 Å². The molecule has 9 nitrogen and oxygen atoms in total. The standard InChI is InChI=1S/C30H36ClN7O2/c1-2-3-11-26-33-27(31)25(19-40-29(39)30(20-32)16-7-4-8-17-30)38(26)18-21-12-14-22(15-13-21)23-9-5-6-10-24(23)28-34-36-37-35-28/h5-6,9-10,12-15H,2-4,7-8,11,16-20,32H2,1H3,(H,34,35,36,37). The Hall–Kier alpha value is -3.56. The van der Waals surface area contributed by atoms with Crippen LogP contribution < -0.4 is 5.73 Å². The molecule has 1 fully saturated rings. The second-order valence-electron chi connectivity index (χ2n) is 10.6. The Balaban J connectivity index is 1.38. The smallest absolute Gasteiger partial charge is 0.313 e. The Bertz CT molecular complexity index is 1410. The van der Waals surface area contributed by atoms with Gasteiger partial charge in [-0.1, -0.05) is 92.7 Å². The zero-order valence-electron chi connectivity index (χ0n) is 22.9. The van der Waals surface area contributed by atoms with Crippen LogP contribution in [0.25, 0.3) is 22.5 Å². The number of carbonyl (C=O) groups excluding carboxylic acids is 1. The summed E-state index contributed by atoms with van der Waals surface area (Å²) in [5.74, 6) is 1.23. The number of hydrogen-bond donors (Lipinski definition) is 2. The van der Waals surface area contributed by atoms with Crippen LogP contribution in [0.5, 0.6) is 0 Å². The molecule has 40 heavy (non-hydrogen) atoms. The molecule has 0 spiro atoms. The number of imidazole rings is 1. The number of hydrogen-bond acceptors (Lipinski definition) is 7. The Morgan fingerprint density at radius 1 is 1.10 bits per heavy atom. The maximum Gasteiger partial charge on any atom is 0.313 e. The molecule has 2 aromatic heterocycles. The number of aromatic nitrogens is 6. The van der Waals surface area contributed by atoms with Crippen LogP contribution in [0.1, 0.15) is 69.0 Å². The number of carbonyl (C=O) groups is 1. The fourth-order valence-corrected chi connectivity index (χ4v) is 5.79. The van der Waals surface area contributed by atoms with Crippen LogP contribution in [-0.4, -0.2) is 42.7 Å². The molecule has 3 N–H and O–H groups in total. The van der Waals surface area contributed by atoms with Crippen molar-refractivity contribution in [2.45, 2.75) is 71.4 Å². The van der Waals surface area contributed by atoms with Gasteiger partial charge in [0.05, 0.1) is 11.1 Å². The lowest BCUT2D eigenvalue weighted by Crippen LogP contribution is -2.41. The van der Waals surface area contributed by atoms with Gasteiger partial charge in [-0.25, -0.2) is 4.98 Å². The van der Waals surface area contributed by atoms with E-state index in [1.54, 1.807) is 0 Å². The summed E-state index contributed by atoms with van der Waals surface area (Å²) in [6, 6.07) is 16.4. The van der Waals surface area contributed by atoms with Crippen molar-refractivity contribution in [1.82, 2.24) is 30.2 Å². The molecule has 0 saturated heterocycles. The number of nitrogens with zero attached hydrogens (tertiary/aromatic N) is 5. The van der Waals surface area contributed by atoms with Crippen LogP contribution in [-0.2, 0) is 29.1 Å². The molecule has 10 heteroatoms. The Morgan fingerprint density at radius 2 is 1.85 bits per heavy atom. The molecule has 0 radical (unpaired) electrons. The summed E-state index contributed by atoms with van der Waals surface area (Å²) in [6.45, 7) is 3.11. The predicted molar refractivity (Wildman–Crippen MR) is 154 cm³/mol. The minimum absolute atomic E-state index is 0.0781. The number of tetrazole rings is 1. The van der Waals surface area contributed by atoms with Gasteiger partial charge < -0.3 is 15.0 Å². The third kappa shape index (κ3) is 5.95. The van der Waals surface area contributed by atoms with Crippen molar-refractivity contribution in [2.75, 3.05) is 6.54 Å². The SMILES string of the molecule is CCCCc1nc(Cl)c(COC(=O)C2(CN)CCCCC2)n1Cc1ccc(-c2ccccc2-c2nn[nH]n2)cc1.